The first-order valence-corrected chi connectivity index (χ1v) is 16.8. The molecule has 1 saturated carbocycles. The molecule has 0 aromatic heterocycles. The van der Waals surface area contributed by atoms with Gasteiger partial charge in [0.05, 0.1) is 38.4 Å². The van der Waals surface area contributed by atoms with E-state index in [1.54, 1.807) is 0 Å². The van der Waals surface area contributed by atoms with Gasteiger partial charge in [0.15, 0.2) is 5.78 Å². The van der Waals surface area contributed by atoms with E-state index in [9.17, 15) is 14.4 Å². The molecule has 0 radical (unpaired) electrons. The van der Waals surface area contributed by atoms with Gasteiger partial charge in [-0.15, -0.1) is 0 Å². The molecule has 2 fully saturated rings. The Morgan fingerprint density at radius 1 is 0.767 bits per heavy atom. The molecule has 3 aliphatic carbocycles. The van der Waals surface area contributed by atoms with Gasteiger partial charge in [-0.25, -0.2) is 0 Å². The Morgan fingerprint density at radius 2 is 1.42 bits per heavy atom. The van der Waals surface area contributed by atoms with Crippen LogP contribution in [0.1, 0.15) is 89.9 Å². The molecule has 236 valence electrons. The van der Waals surface area contributed by atoms with E-state index in [-0.39, 0.29) is 35.6 Å². The Hall–Kier alpha value is -2.61. The molecule has 7 heteroatoms. The summed E-state index contributed by atoms with van der Waals surface area (Å²) < 4.78 is 11.1. The molecule has 1 saturated heterocycles. The van der Waals surface area contributed by atoms with Crippen LogP contribution in [-0.2, 0) is 23.9 Å². The molecule has 7 nitrogen and oxygen atoms in total. The van der Waals surface area contributed by atoms with E-state index in [2.05, 4.69) is 34.9 Å². The summed E-state index contributed by atoms with van der Waals surface area (Å²) in [6.45, 7) is 2.32. The normalized spacial score (nSPS) is 24.1. The topological polar surface area (TPSA) is 93.7 Å². The lowest BCUT2D eigenvalue weighted by Crippen LogP contribution is -2.34. The minimum absolute atomic E-state index is 0.00943. The van der Waals surface area contributed by atoms with Crippen LogP contribution in [0.3, 0.4) is 0 Å². The van der Waals surface area contributed by atoms with Crippen molar-refractivity contribution in [2.24, 2.45) is 11.8 Å². The van der Waals surface area contributed by atoms with E-state index in [0.717, 1.165) is 49.7 Å². The van der Waals surface area contributed by atoms with Crippen LogP contribution < -0.4 is 10.6 Å². The van der Waals surface area contributed by atoms with Crippen molar-refractivity contribution in [2.45, 2.75) is 102 Å². The minimum atomic E-state index is -0.123. The summed E-state index contributed by atoms with van der Waals surface area (Å²) in [4.78, 5) is 37.9. The van der Waals surface area contributed by atoms with Crippen molar-refractivity contribution < 1.29 is 23.9 Å². The standard InChI is InChI=1S/C36H52N2O5/c39-32(28-14-8-3-1-2-4-9-15-28)21-24-42-26-27-43-25-22-33(40)37-23-13-7-12-18-31-36(41)34-29-16-10-5-6-11-17-30(20-19-29)35(34)38-31/h5-6,10-11,16-17,19-20,28,31,34-35,38H,1-4,7-9,12-15,18,21-27H2,(H,37,40). The van der Waals surface area contributed by atoms with Gasteiger partial charge in [0.25, 0.3) is 0 Å². The summed E-state index contributed by atoms with van der Waals surface area (Å²) in [7, 11) is 0. The van der Waals surface area contributed by atoms with E-state index >= 15 is 0 Å². The van der Waals surface area contributed by atoms with Gasteiger partial charge >= 0.3 is 0 Å². The zero-order chi connectivity index (χ0) is 30.1. The zero-order valence-electron chi connectivity index (χ0n) is 25.9. The molecule has 4 aliphatic rings. The number of ketones is 2. The van der Waals surface area contributed by atoms with Gasteiger partial charge in [-0.3, -0.25) is 19.7 Å². The predicted molar refractivity (Wildman–Crippen MR) is 171 cm³/mol. The molecule has 2 N–H and O–H groups in total. The summed E-state index contributed by atoms with van der Waals surface area (Å²) in [5, 5.41) is 6.56. The summed E-state index contributed by atoms with van der Waals surface area (Å²) in [5.41, 5.74) is 2.24. The number of Topliss-reactive ketones (excluding diaryl/α,β-unsaturated/α-hetero) is 2. The average Bonchev–Trinajstić information content (AvgIpc) is 3.42. The van der Waals surface area contributed by atoms with Crippen LogP contribution in [0.2, 0.25) is 0 Å². The van der Waals surface area contributed by atoms with Crippen LogP contribution in [0.15, 0.2) is 59.8 Å². The van der Waals surface area contributed by atoms with Crippen molar-refractivity contribution in [3.8, 4) is 0 Å². The molecule has 0 spiro atoms. The smallest absolute Gasteiger partial charge is 0.222 e. The number of amides is 1. The largest absolute Gasteiger partial charge is 0.379 e. The summed E-state index contributed by atoms with van der Waals surface area (Å²) in [5.74, 6) is 0.744. The van der Waals surface area contributed by atoms with Gasteiger partial charge < -0.3 is 14.8 Å². The second-order valence-corrected chi connectivity index (χ2v) is 12.3. The fraction of sp³-hybridized carbons (Fsp3) is 0.639. The summed E-state index contributed by atoms with van der Waals surface area (Å²) in [6, 6.07) is -0.0743. The Kier molecular flexibility index (Phi) is 14.6. The summed E-state index contributed by atoms with van der Waals surface area (Å²) >= 11 is 0. The van der Waals surface area contributed by atoms with E-state index in [0.29, 0.717) is 51.6 Å². The van der Waals surface area contributed by atoms with Crippen molar-refractivity contribution in [2.75, 3.05) is 33.0 Å². The Morgan fingerprint density at radius 3 is 2.16 bits per heavy atom. The molecule has 0 aromatic carbocycles. The lowest BCUT2D eigenvalue weighted by molar-refractivity contribution is -0.125. The molecular weight excluding hydrogens is 540 g/mol. The number of nitrogens with one attached hydrogen (secondary N) is 2. The molecular formula is C36H52N2O5. The Bertz CT molecular complexity index is 1060. The second-order valence-electron chi connectivity index (χ2n) is 12.3. The molecule has 0 aromatic rings. The van der Waals surface area contributed by atoms with Gasteiger partial charge in [-0.1, -0.05) is 100.0 Å². The monoisotopic (exact) mass is 592 g/mol. The van der Waals surface area contributed by atoms with Gasteiger partial charge in [0.1, 0.15) is 5.78 Å². The quantitative estimate of drug-likeness (QED) is 0.218. The van der Waals surface area contributed by atoms with Gasteiger partial charge in [0.2, 0.25) is 5.91 Å². The fourth-order valence-corrected chi connectivity index (χ4v) is 6.61. The van der Waals surface area contributed by atoms with Crippen molar-refractivity contribution in [1.82, 2.24) is 10.6 Å². The van der Waals surface area contributed by atoms with E-state index in [4.69, 9.17) is 9.47 Å². The number of carbonyl (C=O) groups is 3. The highest BCUT2D eigenvalue weighted by atomic mass is 16.5. The van der Waals surface area contributed by atoms with Crippen molar-refractivity contribution >= 4 is 17.5 Å². The molecule has 4 rings (SSSR count). The number of rotatable bonds is 16. The first-order chi connectivity index (χ1) is 21.1. The molecule has 43 heavy (non-hydrogen) atoms. The molecule has 3 unspecified atom stereocenters. The van der Waals surface area contributed by atoms with Gasteiger partial charge in [0, 0.05) is 31.3 Å². The number of carbonyl (C=O) groups excluding carboxylic acids is 3. The van der Waals surface area contributed by atoms with Crippen LogP contribution >= 0.6 is 0 Å². The Labute approximate surface area is 258 Å². The second kappa shape index (κ2) is 18.9. The van der Waals surface area contributed by atoms with Crippen LogP contribution in [0, 0.1) is 11.8 Å². The van der Waals surface area contributed by atoms with Gasteiger partial charge in [-0.2, -0.15) is 0 Å². The number of allylic oxidation sites excluding steroid dienone is 7. The number of unbranched alkanes of at least 4 members (excludes halogenated alkanes) is 2. The maximum Gasteiger partial charge on any atom is 0.222 e. The molecule has 3 atom stereocenters. The van der Waals surface area contributed by atoms with E-state index in [1.165, 1.54) is 38.5 Å². The third-order valence-corrected chi connectivity index (χ3v) is 9.10. The first kappa shape index (κ1) is 33.3. The van der Waals surface area contributed by atoms with Crippen molar-refractivity contribution in [3.63, 3.8) is 0 Å². The predicted octanol–water partition coefficient (Wildman–Crippen LogP) is 5.87. The SMILES string of the molecule is O=C(CCOCCOCCC(=O)C1CCCCCCCC1)NCCCCCC1NC2c3ccccccc(cc3)C2C1=O. The third-order valence-electron chi connectivity index (χ3n) is 9.10. The average molecular weight is 593 g/mol. The van der Waals surface area contributed by atoms with E-state index < -0.39 is 0 Å². The van der Waals surface area contributed by atoms with Crippen molar-refractivity contribution in [3.05, 3.63) is 59.8 Å². The highest BCUT2D eigenvalue weighted by molar-refractivity contribution is 5.93. The van der Waals surface area contributed by atoms with E-state index in [1.807, 2.05) is 24.3 Å². The molecule has 2 bridgehead atoms. The van der Waals surface area contributed by atoms with Crippen LogP contribution in [0.4, 0.5) is 0 Å². The lowest BCUT2D eigenvalue weighted by Gasteiger charge is -2.25. The van der Waals surface area contributed by atoms with Crippen LogP contribution in [0.25, 0.3) is 0 Å². The fourth-order valence-electron chi connectivity index (χ4n) is 6.61. The molecule has 1 amide bonds. The van der Waals surface area contributed by atoms with Crippen molar-refractivity contribution in [1.29, 1.82) is 0 Å². The lowest BCUT2D eigenvalue weighted by atomic mass is 9.80. The maximum atomic E-state index is 13.2. The maximum absolute atomic E-state index is 13.2. The zero-order valence-corrected chi connectivity index (χ0v) is 25.9. The summed E-state index contributed by atoms with van der Waals surface area (Å²) in [6.07, 6.45) is 30.3. The number of hydrogen-bond acceptors (Lipinski definition) is 6. The molecule has 1 heterocycles. The van der Waals surface area contributed by atoms with Crippen LogP contribution in [0.5, 0.6) is 0 Å². The van der Waals surface area contributed by atoms with Gasteiger partial charge in [-0.05, 0) is 36.8 Å². The van der Waals surface area contributed by atoms with Crippen LogP contribution in [-0.4, -0.2) is 62.5 Å². The number of hydrogen-bond donors (Lipinski definition) is 2. The molecule has 1 aliphatic heterocycles. The highest BCUT2D eigenvalue weighted by Gasteiger charge is 2.44. The number of ether oxygens (including phenoxy) is 2. The third kappa shape index (κ3) is 11.1. The minimum Gasteiger partial charge on any atom is -0.379 e. The first-order valence-electron chi connectivity index (χ1n) is 16.8. The Balaban J connectivity index is 0.979. The highest BCUT2D eigenvalue weighted by Crippen LogP contribution is 2.36.